The molecule has 0 heterocycles. The molecule has 0 unspecified atom stereocenters. The molecule has 0 aromatic heterocycles. The van der Waals surface area contributed by atoms with Gasteiger partial charge >= 0.3 is 0 Å². The van der Waals surface area contributed by atoms with Crippen molar-refractivity contribution in [1.82, 2.24) is 0 Å². The average molecular weight is 604 g/mol. The monoisotopic (exact) mass is 602 g/mol. The first-order valence-corrected chi connectivity index (χ1v) is 14.8. The zero-order valence-corrected chi connectivity index (χ0v) is 23.0. The van der Waals surface area contributed by atoms with Crippen LogP contribution in [0.1, 0.15) is 22.3 Å². The van der Waals surface area contributed by atoms with E-state index < -0.39 is 20.2 Å². The number of halogens is 2. The molecule has 39 heavy (non-hydrogen) atoms. The Bertz CT molecular complexity index is 1830. The third-order valence-electron chi connectivity index (χ3n) is 5.65. The molecule has 7 nitrogen and oxygen atoms in total. The van der Waals surface area contributed by atoms with Crippen LogP contribution in [0.15, 0.2) is 88.7 Å². The summed E-state index contributed by atoms with van der Waals surface area (Å²) in [5.74, 6) is 0.0362. The average Bonchev–Trinajstić information content (AvgIpc) is 2.87. The van der Waals surface area contributed by atoms with Crippen LogP contribution in [0.4, 0.5) is 0 Å². The standard InChI is InChI=1S/C28H20Cl2O7S2/c29-24-13-8-20(16-27(24)38(32,33)34)2-1-18-5-10-22(11-6-18)23-12-7-19(15-26(23)31)3-4-21-9-14-25(30)28(17-21)39(35,36)37/h1-17,31H,(H,32,33,34)(H,35,36,37). The van der Waals surface area contributed by atoms with Crippen LogP contribution in [0.2, 0.25) is 10.0 Å². The molecule has 0 aliphatic carbocycles. The summed E-state index contributed by atoms with van der Waals surface area (Å²) in [5, 5.41) is 10.4. The van der Waals surface area contributed by atoms with Gasteiger partial charge in [0.2, 0.25) is 0 Å². The maximum atomic E-state index is 11.5. The summed E-state index contributed by atoms with van der Waals surface area (Å²) >= 11 is 11.7. The number of benzene rings is 4. The Morgan fingerprint density at radius 1 is 0.538 bits per heavy atom. The Morgan fingerprint density at radius 3 is 1.36 bits per heavy atom. The molecule has 3 N–H and O–H groups in total. The van der Waals surface area contributed by atoms with Crippen molar-refractivity contribution in [3.05, 3.63) is 111 Å². The number of hydrogen-bond acceptors (Lipinski definition) is 5. The molecule has 0 aliphatic rings. The Hall–Kier alpha value is -3.44. The van der Waals surface area contributed by atoms with E-state index in [1.807, 2.05) is 24.3 Å². The van der Waals surface area contributed by atoms with Gasteiger partial charge in [0, 0.05) is 5.56 Å². The first kappa shape index (κ1) is 28.6. The molecule has 0 bridgehead atoms. The third kappa shape index (κ3) is 7.15. The fraction of sp³-hybridized carbons (Fsp3) is 0. The van der Waals surface area contributed by atoms with E-state index in [0.29, 0.717) is 22.3 Å². The largest absolute Gasteiger partial charge is 0.507 e. The Kier molecular flexibility index (Phi) is 8.31. The molecule has 4 aromatic carbocycles. The van der Waals surface area contributed by atoms with Crippen LogP contribution in [-0.4, -0.2) is 31.0 Å². The zero-order valence-electron chi connectivity index (χ0n) is 19.9. The van der Waals surface area contributed by atoms with E-state index in [1.165, 1.54) is 24.3 Å². The van der Waals surface area contributed by atoms with Gasteiger partial charge in [0.1, 0.15) is 15.5 Å². The molecule has 0 atom stereocenters. The first-order chi connectivity index (χ1) is 18.3. The van der Waals surface area contributed by atoms with Crippen LogP contribution < -0.4 is 0 Å². The Labute approximate surface area is 235 Å². The number of rotatable bonds is 7. The third-order valence-corrected chi connectivity index (χ3v) is 8.32. The molecule has 200 valence electrons. The predicted molar refractivity (Wildman–Crippen MR) is 154 cm³/mol. The zero-order chi connectivity index (χ0) is 28.4. The first-order valence-electron chi connectivity index (χ1n) is 11.1. The predicted octanol–water partition coefficient (Wildman–Crippen LogP) is 7.20. The van der Waals surface area contributed by atoms with Gasteiger partial charge in [-0.2, -0.15) is 16.8 Å². The second-order valence-electron chi connectivity index (χ2n) is 8.40. The Balaban J connectivity index is 1.51. The summed E-state index contributed by atoms with van der Waals surface area (Å²) in [6, 6.07) is 20.9. The minimum atomic E-state index is -4.46. The highest BCUT2D eigenvalue weighted by Gasteiger charge is 2.15. The van der Waals surface area contributed by atoms with Crippen LogP contribution in [0.5, 0.6) is 5.75 Å². The van der Waals surface area contributed by atoms with Crippen molar-refractivity contribution in [1.29, 1.82) is 0 Å². The minimum absolute atomic E-state index is 0.0362. The summed E-state index contributed by atoms with van der Waals surface area (Å²) in [6.07, 6.45) is 6.75. The smallest absolute Gasteiger partial charge is 0.296 e. The van der Waals surface area contributed by atoms with E-state index in [9.17, 15) is 31.0 Å². The van der Waals surface area contributed by atoms with Gasteiger partial charge in [0.15, 0.2) is 0 Å². The molecule has 0 saturated carbocycles. The topological polar surface area (TPSA) is 129 Å². The lowest BCUT2D eigenvalue weighted by Crippen LogP contribution is -1.99. The van der Waals surface area contributed by atoms with Crippen LogP contribution in [-0.2, 0) is 20.2 Å². The summed E-state index contributed by atoms with van der Waals surface area (Å²) in [5.41, 5.74) is 3.85. The van der Waals surface area contributed by atoms with Gasteiger partial charge < -0.3 is 5.11 Å². The van der Waals surface area contributed by atoms with Gasteiger partial charge in [-0.05, 0) is 58.1 Å². The van der Waals surface area contributed by atoms with Crippen LogP contribution in [0.25, 0.3) is 35.4 Å². The fourth-order valence-corrected chi connectivity index (χ4v) is 5.72. The van der Waals surface area contributed by atoms with Crippen LogP contribution >= 0.6 is 23.2 Å². The molecule has 0 fully saturated rings. The van der Waals surface area contributed by atoms with Gasteiger partial charge in [-0.1, -0.05) is 96.0 Å². The van der Waals surface area contributed by atoms with E-state index in [2.05, 4.69) is 0 Å². The van der Waals surface area contributed by atoms with E-state index in [4.69, 9.17) is 23.2 Å². The maximum Gasteiger partial charge on any atom is 0.296 e. The van der Waals surface area contributed by atoms with Gasteiger partial charge in [-0.15, -0.1) is 0 Å². The molecule has 4 aromatic rings. The fourth-order valence-electron chi connectivity index (χ4n) is 3.70. The highest BCUT2D eigenvalue weighted by molar-refractivity contribution is 7.86. The van der Waals surface area contributed by atoms with E-state index in [0.717, 1.165) is 11.1 Å². The van der Waals surface area contributed by atoms with E-state index >= 15 is 0 Å². The summed E-state index contributed by atoms with van der Waals surface area (Å²) in [4.78, 5) is -0.759. The van der Waals surface area contributed by atoms with Crippen molar-refractivity contribution in [3.63, 3.8) is 0 Å². The lowest BCUT2D eigenvalue weighted by atomic mass is 10.0. The summed E-state index contributed by atoms with van der Waals surface area (Å²) < 4.78 is 64.4. The molecular formula is C28H20Cl2O7S2. The number of phenols is 1. The van der Waals surface area contributed by atoms with Gasteiger partial charge in [0.05, 0.1) is 10.0 Å². The van der Waals surface area contributed by atoms with Crippen molar-refractivity contribution in [2.24, 2.45) is 0 Å². The molecule has 0 saturated heterocycles. The minimum Gasteiger partial charge on any atom is -0.507 e. The molecule has 0 spiro atoms. The normalized spacial score (nSPS) is 12.4. The van der Waals surface area contributed by atoms with Gasteiger partial charge in [0.25, 0.3) is 20.2 Å². The molecule has 0 radical (unpaired) electrons. The van der Waals surface area contributed by atoms with Crippen LogP contribution in [0.3, 0.4) is 0 Å². The van der Waals surface area contributed by atoms with Crippen molar-refractivity contribution < 1.29 is 31.0 Å². The molecule has 0 amide bonds. The van der Waals surface area contributed by atoms with E-state index in [1.54, 1.807) is 54.6 Å². The quantitative estimate of drug-likeness (QED) is 0.151. The van der Waals surface area contributed by atoms with Gasteiger partial charge in [-0.3, -0.25) is 9.11 Å². The van der Waals surface area contributed by atoms with E-state index in [-0.39, 0.29) is 25.6 Å². The number of hydrogen-bond donors (Lipinski definition) is 3. The molecular weight excluding hydrogens is 583 g/mol. The lowest BCUT2D eigenvalue weighted by Gasteiger charge is -2.07. The summed E-state index contributed by atoms with van der Waals surface area (Å²) in [6.45, 7) is 0. The van der Waals surface area contributed by atoms with Crippen molar-refractivity contribution in [2.75, 3.05) is 0 Å². The summed E-state index contributed by atoms with van der Waals surface area (Å²) in [7, 11) is -8.90. The molecule has 11 heteroatoms. The highest BCUT2D eigenvalue weighted by atomic mass is 35.5. The lowest BCUT2D eigenvalue weighted by molar-refractivity contribution is 0.477. The second kappa shape index (κ2) is 11.4. The van der Waals surface area contributed by atoms with Crippen molar-refractivity contribution >= 4 is 67.7 Å². The molecule has 0 aliphatic heterocycles. The SMILES string of the molecule is O=S(=O)(O)c1cc(C=Cc2ccc(-c3ccc(C=Cc4ccc(Cl)c(S(=O)(=O)O)c4)cc3O)cc2)ccc1Cl. The van der Waals surface area contributed by atoms with Gasteiger partial charge in [-0.25, -0.2) is 0 Å². The highest BCUT2D eigenvalue weighted by Crippen LogP contribution is 2.31. The Morgan fingerprint density at radius 2 is 0.923 bits per heavy atom. The van der Waals surface area contributed by atoms with Crippen molar-refractivity contribution in [2.45, 2.75) is 9.79 Å². The maximum absolute atomic E-state index is 11.5. The van der Waals surface area contributed by atoms with Crippen LogP contribution in [0, 0.1) is 0 Å². The second-order valence-corrected chi connectivity index (χ2v) is 12.0. The number of aromatic hydroxyl groups is 1. The number of phenolic OH excluding ortho intramolecular Hbond substituents is 1. The van der Waals surface area contributed by atoms with Crippen molar-refractivity contribution in [3.8, 4) is 16.9 Å². The molecule has 4 rings (SSSR count).